The van der Waals surface area contributed by atoms with Crippen molar-refractivity contribution in [1.29, 1.82) is 0 Å². The second kappa shape index (κ2) is 6.23. The van der Waals surface area contributed by atoms with E-state index in [4.69, 9.17) is 4.99 Å². The van der Waals surface area contributed by atoms with Gasteiger partial charge in [-0.25, -0.2) is 4.99 Å². The molecule has 0 N–H and O–H groups in total. The zero-order chi connectivity index (χ0) is 18.3. The van der Waals surface area contributed by atoms with E-state index < -0.39 is 0 Å². The van der Waals surface area contributed by atoms with Crippen molar-refractivity contribution in [2.24, 2.45) is 4.99 Å². The fraction of sp³-hybridized carbons (Fsp3) is 0.136. The summed E-state index contributed by atoms with van der Waals surface area (Å²) in [5.74, 6) is 0.284. The van der Waals surface area contributed by atoms with Crippen LogP contribution in [-0.4, -0.2) is 10.6 Å². The quantitative estimate of drug-likeness (QED) is 0.543. The summed E-state index contributed by atoms with van der Waals surface area (Å²) in [6.07, 6.45) is 5.38. The number of hydrogen-bond acceptors (Lipinski definition) is 3. The van der Waals surface area contributed by atoms with Crippen molar-refractivity contribution in [2.75, 3.05) is 0 Å². The molecule has 26 heavy (non-hydrogen) atoms. The first-order chi connectivity index (χ1) is 12.6. The van der Waals surface area contributed by atoms with Crippen LogP contribution in [0.5, 0.6) is 0 Å². The van der Waals surface area contributed by atoms with Crippen LogP contribution >= 0.6 is 0 Å². The maximum atomic E-state index is 11.6. The van der Waals surface area contributed by atoms with Gasteiger partial charge in [0.15, 0.2) is 0 Å². The number of allylic oxidation sites excluding steroid dienone is 4. The molecule has 0 bridgehead atoms. The van der Waals surface area contributed by atoms with Gasteiger partial charge in [-0.05, 0) is 46.4 Å². The molecule has 2 aliphatic carbocycles. The molecule has 0 heterocycles. The highest BCUT2D eigenvalue weighted by atomic mass is 16.6. The molecule has 0 aromatic heterocycles. The van der Waals surface area contributed by atoms with Crippen molar-refractivity contribution in [3.63, 3.8) is 0 Å². The van der Waals surface area contributed by atoms with Gasteiger partial charge >= 0.3 is 0 Å². The highest BCUT2D eigenvalue weighted by Gasteiger charge is 2.32. The molecule has 2 aromatic carbocycles. The normalized spacial score (nSPS) is 16.7. The average molecular weight is 342 g/mol. The zero-order valence-corrected chi connectivity index (χ0v) is 14.6. The number of aliphatic imine (C=N–C) groups is 1. The Labute approximate surface area is 152 Å². The fourth-order valence-corrected chi connectivity index (χ4v) is 3.46. The summed E-state index contributed by atoms with van der Waals surface area (Å²) < 4.78 is 0. The van der Waals surface area contributed by atoms with Gasteiger partial charge in [-0.15, -0.1) is 0 Å². The van der Waals surface area contributed by atoms with Crippen LogP contribution in [0.25, 0.3) is 11.6 Å². The number of fused-ring (bicyclic) bond motifs is 3. The lowest BCUT2D eigenvalue weighted by atomic mass is 9.93. The molecule has 0 amide bonds. The van der Waals surface area contributed by atoms with Crippen molar-refractivity contribution in [1.82, 2.24) is 0 Å². The Morgan fingerprint density at radius 2 is 1.69 bits per heavy atom. The predicted molar refractivity (Wildman–Crippen MR) is 105 cm³/mol. The van der Waals surface area contributed by atoms with Gasteiger partial charge < -0.3 is 0 Å². The van der Waals surface area contributed by atoms with Gasteiger partial charge in [0.05, 0.1) is 10.6 Å². The third kappa shape index (κ3) is 2.60. The van der Waals surface area contributed by atoms with Crippen LogP contribution in [0.15, 0.2) is 76.9 Å². The summed E-state index contributed by atoms with van der Waals surface area (Å²) in [5.41, 5.74) is 6.29. The molecule has 0 atom stereocenters. The SMILES string of the molecule is CC(C)c1ccccc1N=C1C2=Cc3ccccc3C2=CC=C1[N+](=O)[O-]. The van der Waals surface area contributed by atoms with Crippen LogP contribution in [0.3, 0.4) is 0 Å². The van der Waals surface area contributed by atoms with Crippen molar-refractivity contribution in [3.8, 4) is 0 Å². The Balaban J connectivity index is 1.91. The van der Waals surface area contributed by atoms with Crippen LogP contribution in [0.1, 0.15) is 36.5 Å². The van der Waals surface area contributed by atoms with E-state index in [1.165, 1.54) is 0 Å². The van der Waals surface area contributed by atoms with Gasteiger partial charge in [0.25, 0.3) is 5.70 Å². The Hall–Kier alpha value is -3.27. The standard InChI is InChI=1S/C22H18N2O2/c1-14(2)16-8-5-6-10-20(16)23-22-19-13-15-7-3-4-9-17(15)18(19)11-12-21(22)24(25)26/h3-14H,1-2H3. The van der Waals surface area contributed by atoms with Gasteiger partial charge in [-0.3, -0.25) is 10.1 Å². The van der Waals surface area contributed by atoms with E-state index in [2.05, 4.69) is 13.8 Å². The Morgan fingerprint density at radius 1 is 0.962 bits per heavy atom. The maximum absolute atomic E-state index is 11.6. The predicted octanol–water partition coefficient (Wildman–Crippen LogP) is 5.54. The molecule has 0 saturated heterocycles. The molecule has 0 unspecified atom stereocenters. The summed E-state index contributed by atoms with van der Waals surface area (Å²) in [6, 6.07) is 15.8. The van der Waals surface area contributed by atoms with Gasteiger partial charge in [-0.1, -0.05) is 56.3 Å². The summed E-state index contributed by atoms with van der Waals surface area (Å²) in [7, 11) is 0. The highest BCUT2D eigenvalue weighted by molar-refractivity contribution is 6.28. The number of para-hydroxylation sites is 1. The minimum Gasteiger partial charge on any atom is -0.258 e. The summed E-state index contributed by atoms with van der Waals surface area (Å²) in [6.45, 7) is 4.19. The van der Waals surface area contributed by atoms with Gasteiger partial charge in [-0.2, -0.15) is 0 Å². The lowest BCUT2D eigenvalue weighted by Gasteiger charge is -2.15. The fourth-order valence-electron chi connectivity index (χ4n) is 3.46. The third-order valence-electron chi connectivity index (χ3n) is 4.73. The van der Waals surface area contributed by atoms with E-state index in [0.29, 0.717) is 5.71 Å². The number of nitrogens with zero attached hydrogens (tertiary/aromatic N) is 2. The number of rotatable bonds is 3. The zero-order valence-electron chi connectivity index (χ0n) is 14.6. The van der Waals surface area contributed by atoms with Gasteiger partial charge in [0, 0.05) is 11.6 Å². The molecule has 4 heteroatoms. The van der Waals surface area contributed by atoms with E-state index in [0.717, 1.165) is 33.5 Å². The average Bonchev–Trinajstić information content (AvgIpc) is 3.01. The number of benzene rings is 2. The lowest BCUT2D eigenvalue weighted by Crippen LogP contribution is -2.16. The smallest absolute Gasteiger partial charge is 0.258 e. The minimum atomic E-state index is -0.353. The van der Waals surface area contributed by atoms with Crippen molar-refractivity contribution < 1.29 is 4.92 Å². The van der Waals surface area contributed by atoms with Crippen molar-refractivity contribution in [2.45, 2.75) is 19.8 Å². The molecule has 128 valence electrons. The van der Waals surface area contributed by atoms with Crippen LogP contribution in [-0.2, 0) is 0 Å². The Kier molecular flexibility index (Phi) is 3.88. The maximum Gasteiger partial charge on any atom is 0.295 e. The second-order valence-corrected chi connectivity index (χ2v) is 6.71. The van der Waals surface area contributed by atoms with Crippen LogP contribution in [0, 0.1) is 10.1 Å². The second-order valence-electron chi connectivity index (χ2n) is 6.71. The third-order valence-corrected chi connectivity index (χ3v) is 4.73. The lowest BCUT2D eigenvalue weighted by molar-refractivity contribution is -0.415. The van der Waals surface area contributed by atoms with Crippen LogP contribution < -0.4 is 0 Å². The summed E-state index contributed by atoms with van der Waals surface area (Å²) >= 11 is 0. The van der Waals surface area contributed by atoms with E-state index in [1.807, 2.05) is 60.7 Å². The molecule has 0 saturated carbocycles. The first-order valence-corrected chi connectivity index (χ1v) is 8.62. The van der Waals surface area contributed by atoms with Crippen molar-refractivity contribution >= 4 is 23.0 Å². The Morgan fingerprint density at radius 3 is 2.46 bits per heavy atom. The van der Waals surface area contributed by atoms with E-state index in [9.17, 15) is 10.1 Å². The molecule has 2 aliphatic rings. The van der Waals surface area contributed by atoms with Crippen molar-refractivity contribution in [3.05, 3.63) is 98.8 Å². The number of nitro groups is 1. The van der Waals surface area contributed by atoms with E-state index in [1.54, 1.807) is 6.08 Å². The largest absolute Gasteiger partial charge is 0.295 e. The number of hydrogen-bond donors (Lipinski definition) is 0. The van der Waals surface area contributed by atoms with Crippen LogP contribution in [0.2, 0.25) is 0 Å². The topological polar surface area (TPSA) is 55.5 Å². The molecule has 2 aromatic rings. The summed E-state index contributed by atoms with van der Waals surface area (Å²) in [5, 5.41) is 11.6. The molecule has 4 nitrogen and oxygen atoms in total. The molecule has 0 fully saturated rings. The first-order valence-electron chi connectivity index (χ1n) is 8.62. The summed E-state index contributed by atoms with van der Waals surface area (Å²) in [4.78, 5) is 16.0. The molecular weight excluding hydrogens is 324 g/mol. The molecule has 4 rings (SSSR count). The first kappa shape index (κ1) is 16.2. The molecular formula is C22H18N2O2. The van der Waals surface area contributed by atoms with Gasteiger partial charge in [0.2, 0.25) is 0 Å². The minimum absolute atomic E-state index is 0.0337. The molecule has 0 aliphatic heterocycles. The van der Waals surface area contributed by atoms with Crippen LogP contribution in [0.4, 0.5) is 5.69 Å². The van der Waals surface area contributed by atoms with Gasteiger partial charge in [0.1, 0.15) is 5.71 Å². The highest BCUT2D eigenvalue weighted by Crippen LogP contribution is 2.41. The Bertz CT molecular complexity index is 1040. The molecule has 0 spiro atoms. The molecule has 0 radical (unpaired) electrons. The monoisotopic (exact) mass is 342 g/mol. The van der Waals surface area contributed by atoms with E-state index >= 15 is 0 Å². The van der Waals surface area contributed by atoms with E-state index in [-0.39, 0.29) is 16.5 Å².